The molecule has 0 saturated heterocycles. The van der Waals surface area contributed by atoms with Crippen LogP contribution in [-0.2, 0) is 10.0 Å². The van der Waals surface area contributed by atoms with E-state index in [-0.39, 0.29) is 17.6 Å². The highest BCUT2D eigenvalue weighted by atomic mass is 32.2. The summed E-state index contributed by atoms with van der Waals surface area (Å²) in [5.74, 6) is 0.856. The van der Waals surface area contributed by atoms with Crippen molar-refractivity contribution in [3.8, 4) is 28.7 Å². The van der Waals surface area contributed by atoms with Crippen LogP contribution < -0.4 is 14.2 Å². The Morgan fingerprint density at radius 2 is 1.59 bits per heavy atom. The average molecular weight is 526 g/mol. The normalized spacial score (nSPS) is 13.1. The van der Waals surface area contributed by atoms with Crippen molar-refractivity contribution in [2.75, 3.05) is 18.9 Å². The molecule has 0 aliphatic rings. The highest BCUT2D eigenvalue weighted by Gasteiger charge is 2.34. The van der Waals surface area contributed by atoms with Crippen LogP contribution in [0.2, 0.25) is 0 Å². The van der Waals surface area contributed by atoms with E-state index in [9.17, 15) is 13.5 Å². The number of hydrogen-bond donors (Lipinski definition) is 2. The number of para-hydroxylation sites is 1. The smallest absolute Gasteiger partial charge is 0.243 e. The summed E-state index contributed by atoms with van der Waals surface area (Å²) in [5, 5.41) is 17.7. The Labute approximate surface area is 214 Å². The van der Waals surface area contributed by atoms with Crippen LogP contribution in [0.1, 0.15) is 30.1 Å². The van der Waals surface area contributed by atoms with Gasteiger partial charge in [-0.1, -0.05) is 12.1 Å². The number of ether oxygens (including phenoxy) is 2. The molecule has 4 rings (SSSR count). The summed E-state index contributed by atoms with van der Waals surface area (Å²) in [4.78, 5) is 12.6. The molecular weight excluding hydrogens is 498 g/mol. The Kier molecular flexibility index (Phi) is 7.36. The zero-order valence-electron chi connectivity index (χ0n) is 20.9. The molecule has 0 spiro atoms. The lowest BCUT2D eigenvalue weighted by Crippen LogP contribution is -2.32. The second kappa shape index (κ2) is 10.5. The van der Waals surface area contributed by atoms with Gasteiger partial charge in [-0.2, -0.15) is 0 Å². The molecule has 4 aromatic rings. The summed E-state index contributed by atoms with van der Waals surface area (Å²) in [6, 6.07) is 10.5. The molecule has 2 atom stereocenters. The van der Waals surface area contributed by atoms with Crippen LogP contribution in [0.15, 0.2) is 48.8 Å². The van der Waals surface area contributed by atoms with Crippen molar-refractivity contribution in [1.82, 2.24) is 29.7 Å². The van der Waals surface area contributed by atoms with Gasteiger partial charge in [0.2, 0.25) is 16.0 Å². The lowest BCUT2D eigenvalue weighted by Gasteiger charge is -2.20. The minimum atomic E-state index is -4.22. The molecule has 194 valence electrons. The first kappa shape index (κ1) is 26.0. The van der Waals surface area contributed by atoms with Gasteiger partial charge in [-0.05, 0) is 50.6 Å². The number of methoxy groups -OCH3 is 2. The number of nitrogens with one attached hydrogen (secondary N) is 1. The topological polar surface area (TPSA) is 154 Å². The maximum atomic E-state index is 13.4. The van der Waals surface area contributed by atoms with Crippen molar-refractivity contribution < 1.29 is 23.0 Å². The first-order chi connectivity index (χ1) is 17.7. The number of rotatable bonds is 9. The Morgan fingerprint density at radius 1 is 0.973 bits per heavy atom. The third-order valence-corrected chi connectivity index (χ3v) is 7.34. The van der Waals surface area contributed by atoms with Gasteiger partial charge in [-0.15, -0.1) is 10.2 Å². The van der Waals surface area contributed by atoms with Gasteiger partial charge in [0, 0.05) is 18.1 Å². The SMILES string of the molecule is COc1cccc(OC)c1-n1c(NS(=O)(=O)[C@@H](C)[C@@H](O)c2ncc(C)cn2)nnc1-c1cccc(C)n1. The number of sulfonamides is 1. The summed E-state index contributed by atoms with van der Waals surface area (Å²) in [5.41, 5.74) is 2.33. The molecule has 12 nitrogen and oxygen atoms in total. The Hall–Kier alpha value is -4.10. The molecule has 3 heterocycles. The zero-order chi connectivity index (χ0) is 26.7. The van der Waals surface area contributed by atoms with E-state index < -0.39 is 21.4 Å². The molecule has 0 aliphatic carbocycles. The molecule has 0 saturated carbocycles. The quantitative estimate of drug-likeness (QED) is 0.333. The Bertz CT molecular complexity index is 1480. The molecule has 0 amide bonds. The number of benzene rings is 1. The second-order valence-corrected chi connectivity index (χ2v) is 10.3. The van der Waals surface area contributed by atoms with E-state index in [1.165, 1.54) is 38.1 Å². The lowest BCUT2D eigenvalue weighted by molar-refractivity contribution is 0.166. The van der Waals surface area contributed by atoms with Crippen LogP contribution in [0.25, 0.3) is 17.2 Å². The maximum Gasteiger partial charge on any atom is 0.243 e. The summed E-state index contributed by atoms with van der Waals surface area (Å²) < 4.78 is 41.8. The van der Waals surface area contributed by atoms with E-state index in [2.05, 4.69) is 29.9 Å². The number of aryl methyl sites for hydroxylation is 2. The predicted molar refractivity (Wildman–Crippen MR) is 136 cm³/mol. The fourth-order valence-electron chi connectivity index (χ4n) is 3.60. The van der Waals surface area contributed by atoms with E-state index in [1.54, 1.807) is 37.3 Å². The second-order valence-electron chi connectivity index (χ2n) is 8.27. The first-order valence-electron chi connectivity index (χ1n) is 11.2. The number of nitrogens with zero attached hydrogens (tertiary/aromatic N) is 6. The molecule has 0 radical (unpaired) electrons. The van der Waals surface area contributed by atoms with Crippen LogP contribution in [-0.4, -0.2) is 62.7 Å². The van der Waals surface area contributed by atoms with Crippen molar-refractivity contribution in [2.24, 2.45) is 0 Å². The standard InChI is InChI=1S/C24H27N7O5S/c1-14-12-25-22(26-13-14)21(32)16(3)37(33,34)30-24-29-28-23(17-9-6-8-15(2)27-17)31(24)20-18(35-4)10-7-11-19(20)36-5/h6-13,16,21,32H,1-5H3,(H,29,30)/t16-,21+/m0/s1. The van der Waals surface area contributed by atoms with Crippen molar-refractivity contribution >= 4 is 16.0 Å². The fourth-order valence-corrected chi connectivity index (χ4v) is 4.64. The molecule has 0 fully saturated rings. The van der Waals surface area contributed by atoms with Crippen LogP contribution >= 0.6 is 0 Å². The van der Waals surface area contributed by atoms with Gasteiger partial charge in [0.25, 0.3) is 0 Å². The van der Waals surface area contributed by atoms with E-state index in [0.29, 0.717) is 22.9 Å². The average Bonchev–Trinajstić information content (AvgIpc) is 3.29. The molecule has 0 aliphatic heterocycles. The minimum absolute atomic E-state index is 0.0130. The summed E-state index contributed by atoms with van der Waals surface area (Å²) in [7, 11) is -1.26. The molecular formula is C24H27N7O5S. The lowest BCUT2D eigenvalue weighted by atomic mass is 10.2. The van der Waals surface area contributed by atoms with Gasteiger partial charge in [0.15, 0.2) is 11.6 Å². The van der Waals surface area contributed by atoms with Gasteiger partial charge < -0.3 is 14.6 Å². The van der Waals surface area contributed by atoms with Crippen molar-refractivity contribution in [3.05, 3.63) is 65.9 Å². The Balaban J connectivity index is 1.83. The minimum Gasteiger partial charge on any atom is -0.494 e. The van der Waals surface area contributed by atoms with E-state index in [4.69, 9.17) is 9.47 Å². The molecule has 0 unspecified atom stereocenters. The number of aromatic nitrogens is 6. The summed E-state index contributed by atoms with van der Waals surface area (Å²) in [6.45, 7) is 4.97. The van der Waals surface area contributed by atoms with Crippen molar-refractivity contribution in [1.29, 1.82) is 0 Å². The van der Waals surface area contributed by atoms with Crippen molar-refractivity contribution in [2.45, 2.75) is 32.1 Å². The van der Waals surface area contributed by atoms with E-state index in [0.717, 1.165) is 11.3 Å². The summed E-state index contributed by atoms with van der Waals surface area (Å²) >= 11 is 0. The van der Waals surface area contributed by atoms with E-state index >= 15 is 0 Å². The fraction of sp³-hybridized carbons (Fsp3) is 0.292. The number of aliphatic hydroxyl groups excluding tert-OH is 1. The van der Waals surface area contributed by atoms with Crippen LogP contribution in [0, 0.1) is 13.8 Å². The highest BCUT2D eigenvalue weighted by Crippen LogP contribution is 2.37. The zero-order valence-corrected chi connectivity index (χ0v) is 21.8. The molecule has 37 heavy (non-hydrogen) atoms. The van der Waals surface area contributed by atoms with E-state index in [1.807, 2.05) is 13.0 Å². The van der Waals surface area contributed by atoms with Crippen LogP contribution in [0.3, 0.4) is 0 Å². The van der Waals surface area contributed by atoms with Crippen LogP contribution in [0.5, 0.6) is 11.5 Å². The molecule has 13 heteroatoms. The number of aliphatic hydroxyl groups is 1. The molecule has 0 bridgehead atoms. The van der Waals surface area contributed by atoms with Gasteiger partial charge in [-0.3, -0.25) is 9.29 Å². The number of anilines is 1. The van der Waals surface area contributed by atoms with Crippen molar-refractivity contribution in [3.63, 3.8) is 0 Å². The first-order valence-corrected chi connectivity index (χ1v) is 12.8. The largest absolute Gasteiger partial charge is 0.494 e. The monoisotopic (exact) mass is 525 g/mol. The third-order valence-electron chi connectivity index (χ3n) is 5.64. The van der Waals surface area contributed by atoms with Gasteiger partial charge >= 0.3 is 0 Å². The maximum absolute atomic E-state index is 13.4. The highest BCUT2D eigenvalue weighted by molar-refractivity contribution is 7.93. The third kappa shape index (κ3) is 5.22. The number of pyridine rings is 1. The number of hydrogen-bond acceptors (Lipinski definition) is 10. The molecule has 2 N–H and O–H groups in total. The summed E-state index contributed by atoms with van der Waals surface area (Å²) in [6.07, 6.45) is 1.52. The predicted octanol–water partition coefficient (Wildman–Crippen LogP) is 2.62. The molecule has 1 aromatic carbocycles. The Morgan fingerprint density at radius 3 is 2.19 bits per heavy atom. The van der Waals surface area contributed by atoms with Crippen LogP contribution in [0.4, 0.5) is 5.95 Å². The van der Waals surface area contributed by atoms with Gasteiger partial charge in [0.05, 0.1) is 14.2 Å². The van der Waals surface area contributed by atoms with Gasteiger partial charge in [-0.25, -0.2) is 23.4 Å². The molecule has 3 aromatic heterocycles. The van der Waals surface area contributed by atoms with Gasteiger partial charge in [0.1, 0.15) is 34.2 Å².